The van der Waals surface area contributed by atoms with Gasteiger partial charge in [0.15, 0.2) is 0 Å². The standard InChI is InChI=1S/C18H18N2O/c1-4-15-9-7-11-17(12-15)19-18(21)20(3)13-16-10-6-5-8-14(16)2/h1,5-12H,13H2,2-3H3,(H,19,21). The lowest BCUT2D eigenvalue weighted by molar-refractivity contribution is 0.220. The molecule has 0 atom stereocenters. The van der Waals surface area contributed by atoms with E-state index in [4.69, 9.17) is 6.42 Å². The molecule has 0 fully saturated rings. The van der Waals surface area contributed by atoms with E-state index in [0.29, 0.717) is 12.2 Å². The van der Waals surface area contributed by atoms with Crippen molar-refractivity contribution in [1.29, 1.82) is 0 Å². The molecule has 0 aromatic heterocycles. The molecule has 2 rings (SSSR count). The Hall–Kier alpha value is -2.73. The van der Waals surface area contributed by atoms with Gasteiger partial charge in [-0.15, -0.1) is 6.42 Å². The van der Waals surface area contributed by atoms with Crippen molar-refractivity contribution in [1.82, 2.24) is 4.90 Å². The molecule has 0 unspecified atom stereocenters. The molecule has 0 saturated heterocycles. The summed E-state index contributed by atoms with van der Waals surface area (Å²) in [7, 11) is 1.77. The van der Waals surface area contributed by atoms with Crippen LogP contribution in [0.5, 0.6) is 0 Å². The Labute approximate surface area is 125 Å². The maximum absolute atomic E-state index is 12.2. The lowest BCUT2D eigenvalue weighted by Gasteiger charge is -2.19. The van der Waals surface area contributed by atoms with E-state index in [0.717, 1.165) is 11.1 Å². The largest absolute Gasteiger partial charge is 0.323 e. The molecule has 0 aliphatic rings. The second-order valence-electron chi connectivity index (χ2n) is 4.94. The molecule has 21 heavy (non-hydrogen) atoms. The molecule has 1 N–H and O–H groups in total. The lowest BCUT2D eigenvalue weighted by atomic mass is 10.1. The number of anilines is 1. The van der Waals surface area contributed by atoms with Gasteiger partial charge in [-0.25, -0.2) is 4.79 Å². The summed E-state index contributed by atoms with van der Waals surface area (Å²) in [5.41, 5.74) is 3.75. The van der Waals surface area contributed by atoms with Gasteiger partial charge in [-0.3, -0.25) is 0 Å². The molecule has 0 saturated carbocycles. The zero-order chi connectivity index (χ0) is 15.2. The summed E-state index contributed by atoms with van der Waals surface area (Å²) >= 11 is 0. The highest BCUT2D eigenvalue weighted by Crippen LogP contribution is 2.13. The van der Waals surface area contributed by atoms with E-state index in [1.807, 2.05) is 49.4 Å². The quantitative estimate of drug-likeness (QED) is 0.854. The van der Waals surface area contributed by atoms with Crippen LogP contribution in [0.15, 0.2) is 48.5 Å². The summed E-state index contributed by atoms with van der Waals surface area (Å²) < 4.78 is 0. The van der Waals surface area contributed by atoms with Gasteiger partial charge in [0.05, 0.1) is 0 Å². The molecule has 0 spiro atoms. The monoisotopic (exact) mass is 278 g/mol. The fraction of sp³-hybridized carbons (Fsp3) is 0.167. The topological polar surface area (TPSA) is 32.3 Å². The highest BCUT2D eigenvalue weighted by atomic mass is 16.2. The molecule has 2 aromatic carbocycles. The fourth-order valence-corrected chi connectivity index (χ4v) is 2.02. The smallest absolute Gasteiger partial charge is 0.321 e. The first-order valence-electron chi connectivity index (χ1n) is 6.73. The minimum Gasteiger partial charge on any atom is -0.323 e. The Morgan fingerprint density at radius 1 is 1.24 bits per heavy atom. The Balaban J connectivity index is 2.03. The van der Waals surface area contributed by atoms with Gasteiger partial charge in [0.25, 0.3) is 0 Å². The van der Waals surface area contributed by atoms with Crippen molar-refractivity contribution in [3.63, 3.8) is 0 Å². The van der Waals surface area contributed by atoms with Crippen LogP contribution in [-0.2, 0) is 6.54 Å². The third-order valence-corrected chi connectivity index (χ3v) is 3.30. The second kappa shape index (κ2) is 6.62. The zero-order valence-electron chi connectivity index (χ0n) is 12.3. The van der Waals surface area contributed by atoms with Gasteiger partial charge in [-0.2, -0.15) is 0 Å². The van der Waals surface area contributed by atoms with Gasteiger partial charge in [0.2, 0.25) is 0 Å². The van der Waals surface area contributed by atoms with Crippen LogP contribution in [0.2, 0.25) is 0 Å². The number of benzene rings is 2. The Morgan fingerprint density at radius 2 is 2.00 bits per heavy atom. The third kappa shape index (κ3) is 3.87. The highest BCUT2D eigenvalue weighted by molar-refractivity contribution is 5.89. The SMILES string of the molecule is C#Cc1cccc(NC(=O)N(C)Cc2ccccc2C)c1. The number of urea groups is 1. The van der Waals surface area contributed by atoms with Gasteiger partial charge in [0, 0.05) is 24.8 Å². The van der Waals surface area contributed by atoms with Crippen LogP contribution in [0.3, 0.4) is 0 Å². The number of nitrogens with zero attached hydrogens (tertiary/aromatic N) is 1. The molecular formula is C18H18N2O. The van der Waals surface area contributed by atoms with Crippen molar-refractivity contribution in [2.75, 3.05) is 12.4 Å². The number of nitrogens with one attached hydrogen (secondary N) is 1. The molecule has 2 amide bonds. The number of aryl methyl sites for hydroxylation is 1. The van der Waals surface area contributed by atoms with Gasteiger partial charge < -0.3 is 10.2 Å². The summed E-state index contributed by atoms with van der Waals surface area (Å²) in [6.45, 7) is 2.60. The van der Waals surface area contributed by atoms with Crippen molar-refractivity contribution < 1.29 is 4.79 Å². The molecule has 3 nitrogen and oxygen atoms in total. The van der Waals surface area contributed by atoms with E-state index in [2.05, 4.69) is 11.2 Å². The van der Waals surface area contributed by atoms with Crippen LogP contribution >= 0.6 is 0 Å². The van der Waals surface area contributed by atoms with Gasteiger partial charge in [0.1, 0.15) is 0 Å². The van der Waals surface area contributed by atoms with Crippen LogP contribution in [0, 0.1) is 19.3 Å². The number of hydrogen-bond donors (Lipinski definition) is 1. The first-order chi connectivity index (χ1) is 10.1. The maximum Gasteiger partial charge on any atom is 0.321 e. The van der Waals surface area contributed by atoms with Crippen molar-refractivity contribution >= 4 is 11.7 Å². The van der Waals surface area contributed by atoms with Crippen LogP contribution in [0.4, 0.5) is 10.5 Å². The fourth-order valence-electron chi connectivity index (χ4n) is 2.02. The van der Waals surface area contributed by atoms with Gasteiger partial charge >= 0.3 is 6.03 Å². The number of hydrogen-bond acceptors (Lipinski definition) is 1. The van der Waals surface area contributed by atoms with Crippen molar-refractivity contribution in [2.45, 2.75) is 13.5 Å². The van der Waals surface area contributed by atoms with E-state index in [-0.39, 0.29) is 6.03 Å². The number of rotatable bonds is 3. The summed E-state index contributed by atoms with van der Waals surface area (Å²) in [5.74, 6) is 2.55. The summed E-state index contributed by atoms with van der Waals surface area (Å²) in [6, 6.07) is 15.1. The Morgan fingerprint density at radius 3 is 2.71 bits per heavy atom. The molecule has 3 heteroatoms. The number of terminal acetylenes is 1. The maximum atomic E-state index is 12.2. The number of amides is 2. The first kappa shape index (κ1) is 14.7. The van der Waals surface area contributed by atoms with E-state index in [1.165, 1.54) is 5.56 Å². The Kier molecular flexibility index (Phi) is 4.63. The lowest BCUT2D eigenvalue weighted by Crippen LogP contribution is -2.31. The highest BCUT2D eigenvalue weighted by Gasteiger charge is 2.10. The third-order valence-electron chi connectivity index (χ3n) is 3.30. The van der Waals surface area contributed by atoms with Gasteiger partial charge in [-0.1, -0.05) is 36.3 Å². The summed E-state index contributed by atoms with van der Waals surface area (Å²) in [4.78, 5) is 13.8. The minimum absolute atomic E-state index is 0.160. The van der Waals surface area contributed by atoms with Crippen LogP contribution < -0.4 is 5.32 Å². The van der Waals surface area contributed by atoms with Crippen molar-refractivity contribution in [2.24, 2.45) is 0 Å². The first-order valence-corrected chi connectivity index (χ1v) is 6.73. The van der Waals surface area contributed by atoms with Crippen LogP contribution in [0.1, 0.15) is 16.7 Å². The Bertz CT molecular complexity index is 686. The molecule has 2 aromatic rings. The summed E-state index contributed by atoms with van der Waals surface area (Å²) in [5, 5.41) is 2.85. The molecule has 0 radical (unpaired) electrons. The molecule has 0 bridgehead atoms. The average molecular weight is 278 g/mol. The number of carbonyl (C=O) groups excluding carboxylic acids is 1. The van der Waals surface area contributed by atoms with Crippen LogP contribution in [0.25, 0.3) is 0 Å². The van der Waals surface area contributed by atoms with E-state index >= 15 is 0 Å². The van der Waals surface area contributed by atoms with Crippen molar-refractivity contribution in [3.05, 3.63) is 65.2 Å². The molecule has 0 aliphatic carbocycles. The number of carbonyl (C=O) groups is 1. The molecule has 0 aliphatic heterocycles. The second-order valence-corrected chi connectivity index (χ2v) is 4.94. The predicted octanol–water partition coefficient (Wildman–Crippen LogP) is 3.64. The molecule has 106 valence electrons. The molecule has 0 heterocycles. The zero-order valence-corrected chi connectivity index (χ0v) is 12.3. The normalized spacial score (nSPS) is 9.76. The average Bonchev–Trinajstić information content (AvgIpc) is 2.49. The van der Waals surface area contributed by atoms with Crippen LogP contribution in [-0.4, -0.2) is 18.0 Å². The van der Waals surface area contributed by atoms with Gasteiger partial charge in [-0.05, 0) is 36.2 Å². The minimum atomic E-state index is -0.160. The van der Waals surface area contributed by atoms with E-state index in [1.54, 1.807) is 18.0 Å². The summed E-state index contributed by atoms with van der Waals surface area (Å²) in [6.07, 6.45) is 5.36. The van der Waals surface area contributed by atoms with Crippen molar-refractivity contribution in [3.8, 4) is 12.3 Å². The molecular weight excluding hydrogens is 260 g/mol. The predicted molar refractivity (Wildman–Crippen MR) is 86.0 cm³/mol. The van der Waals surface area contributed by atoms with E-state index in [9.17, 15) is 4.79 Å². The van der Waals surface area contributed by atoms with E-state index < -0.39 is 0 Å².